The van der Waals surface area contributed by atoms with Crippen LogP contribution in [0.15, 0.2) is 54.2 Å². The molecule has 2 amide bonds. The first kappa shape index (κ1) is 34.2. The molecule has 1 unspecified atom stereocenters. The molecular weight excluding hydrogens is 648 g/mol. The summed E-state index contributed by atoms with van der Waals surface area (Å²) in [5, 5.41) is 30.6. The number of nitrogens with zero attached hydrogens (tertiary/aromatic N) is 6. The van der Waals surface area contributed by atoms with Gasteiger partial charge in [-0.1, -0.05) is 19.1 Å². The fourth-order valence-corrected chi connectivity index (χ4v) is 6.53. The number of nitrogens with one attached hydrogen (secondary N) is 1. The number of nitriles is 1. The summed E-state index contributed by atoms with van der Waals surface area (Å²) in [6.07, 6.45) is -0.406. The van der Waals surface area contributed by atoms with Crippen molar-refractivity contribution in [3.05, 3.63) is 81.9 Å². The standard InChI is InChI=1S/C32H32F2N7O6S/c1-18(29-37-25(15-48-29)21-7-5-20(14-35)6-8-21)32(45,23-13-22(33)9-10-24(23)34)16-40-17-39(4)30(38-40)47-31(44)41-26(11-12-27(41)43)28(36-3)46-19(2)42/h5-10,13,15,17-18,26,28,36,45H,11-12,16H2,1-4H3/q+1/t18-,26-,28?,32+/m0/s1. The molecule has 0 aliphatic carbocycles. The maximum Gasteiger partial charge on any atom is 0.476 e. The monoisotopic (exact) mass is 680 g/mol. The number of amides is 2. The minimum Gasteiger partial charge on any atom is -0.444 e. The van der Waals surface area contributed by atoms with Crippen LogP contribution in [0, 0.1) is 23.0 Å². The number of likely N-dealkylation sites (N-methyl/N-ethyl adjacent to an activating group) is 1. The summed E-state index contributed by atoms with van der Waals surface area (Å²) < 4.78 is 43.0. The fourth-order valence-electron chi connectivity index (χ4n) is 5.56. The molecule has 0 bridgehead atoms. The van der Waals surface area contributed by atoms with Crippen LogP contribution in [0.2, 0.25) is 0 Å². The molecular formula is C32H32F2N7O6S+. The van der Waals surface area contributed by atoms with Crippen LogP contribution in [0.3, 0.4) is 0 Å². The zero-order valence-corrected chi connectivity index (χ0v) is 27.2. The molecule has 5 rings (SSSR count). The first-order valence-corrected chi connectivity index (χ1v) is 15.7. The second-order valence-electron chi connectivity index (χ2n) is 11.3. The summed E-state index contributed by atoms with van der Waals surface area (Å²) >= 11 is 1.21. The molecule has 4 aromatic rings. The Labute approximate surface area is 278 Å². The van der Waals surface area contributed by atoms with Gasteiger partial charge in [-0.3, -0.25) is 14.9 Å². The number of aromatic nitrogens is 4. The van der Waals surface area contributed by atoms with Crippen LogP contribution in [-0.4, -0.2) is 62.1 Å². The third-order valence-corrected chi connectivity index (χ3v) is 9.12. The molecule has 3 heterocycles. The minimum absolute atomic E-state index is 0.0214. The van der Waals surface area contributed by atoms with E-state index in [2.05, 4.69) is 21.5 Å². The predicted octanol–water partition coefficient (Wildman–Crippen LogP) is 3.27. The SMILES string of the molecule is CNC(OC(C)=O)[C@@H]1CCC(=O)N1C(=O)Oc1nn(C[C@](O)(c2cc(F)ccc2F)[C@@H](C)c2nc(-c3ccc(C#N)cc3)cs2)c[n+]1C. The quantitative estimate of drug-likeness (QED) is 0.144. The number of hydrogen-bond donors (Lipinski definition) is 2. The van der Waals surface area contributed by atoms with E-state index in [4.69, 9.17) is 14.7 Å². The minimum atomic E-state index is -2.12. The van der Waals surface area contributed by atoms with E-state index < -0.39 is 59.9 Å². The molecule has 13 nitrogen and oxygen atoms in total. The van der Waals surface area contributed by atoms with Gasteiger partial charge in [0, 0.05) is 35.8 Å². The number of thiazole rings is 1. The van der Waals surface area contributed by atoms with Gasteiger partial charge >= 0.3 is 18.1 Å². The normalized spacial score (nSPS) is 17.0. The number of likely N-dealkylation sites (tertiary alicyclic amines) is 1. The average molecular weight is 681 g/mol. The van der Waals surface area contributed by atoms with E-state index in [0.29, 0.717) is 16.3 Å². The van der Waals surface area contributed by atoms with Crippen LogP contribution in [0.1, 0.15) is 48.7 Å². The zero-order valence-electron chi connectivity index (χ0n) is 26.4. The lowest BCUT2D eigenvalue weighted by Crippen LogP contribution is -2.52. The third-order valence-electron chi connectivity index (χ3n) is 8.10. The number of aliphatic hydroxyl groups is 1. The van der Waals surface area contributed by atoms with Gasteiger partial charge in [0.1, 0.15) is 23.8 Å². The molecule has 2 aromatic carbocycles. The Balaban J connectivity index is 1.44. The smallest absolute Gasteiger partial charge is 0.444 e. The number of esters is 1. The molecule has 0 spiro atoms. The van der Waals surface area contributed by atoms with E-state index in [1.807, 2.05) is 0 Å². The lowest BCUT2D eigenvalue weighted by Gasteiger charge is -2.32. The molecule has 1 aliphatic rings. The van der Waals surface area contributed by atoms with Gasteiger partial charge in [0.05, 0.1) is 40.5 Å². The Hall–Kier alpha value is -5.11. The highest BCUT2D eigenvalue weighted by molar-refractivity contribution is 7.10. The summed E-state index contributed by atoms with van der Waals surface area (Å²) in [4.78, 5) is 43.0. The van der Waals surface area contributed by atoms with Crippen molar-refractivity contribution in [3.63, 3.8) is 0 Å². The Bertz CT molecular complexity index is 1890. The molecule has 1 saturated heterocycles. The number of ether oxygens (including phenoxy) is 2. The van der Waals surface area contributed by atoms with Gasteiger partial charge in [0.2, 0.25) is 12.2 Å². The Morgan fingerprint density at radius 2 is 2.00 bits per heavy atom. The van der Waals surface area contributed by atoms with Gasteiger partial charge < -0.3 is 14.6 Å². The van der Waals surface area contributed by atoms with E-state index in [0.717, 1.165) is 28.7 Å². The van der Waals surface area contributed by atoms with E-state index in [1.54, 1.807) is 36.6 Å². The molecule has 16 heteroatoms. The number of hydrogen-bond acceptors (Lipinski definition) is 11. The maximum atomic E-state index is 15.3. The number of carbonyl (C=O) groups excluding carboxylic acids is 3. The fraction of sp³-hybridized carbons (Fsp3) is 0.344. The van der Waals surface area contributed by atoms with Crippen LogP contribution in [0.25, 0.3) is 11.3 Å². The summed E-state index contributed by atoms with van der Waals surface area (Å²) in [6, 6.07) is 10.5. The van der Waals surface area contributed by atoms with Crippen molar-refractivity contribution in [2.75, 3.05) is 7.05 Å². The van der Waals surface area contributed by atoms with Gasteiger partial charge in [-0.2, -0.15) is 5.26 Å². The van der Waals surface area contributed by atoms with Crippen LogP contribution in [-0.2, 0) is 33.5 Å². The predicted molar refractivity (Wildman–Crippen MR) is 165 cm³/mol. The van der Waals surface area contributed by atoms with Crippen LogP contribution >= 0.6 is 11.3 Å². The van der Waals surface area contributed by atoms with Gasteiger partial charge in [0.15, 0.2) is 6.23 Å². The highest BCUT2D eigenvalue weighted by atomic mass is 32.1. The van der Waals surface area contributed by atoms with Crippen LogP contribution in [0.4, 0.5) is 13.6 Å². The van der Waals surface area contributed by atoms with Crippen molar-refractivity contribution in [2.45, 2.75) is 57.0 Å². The van der Waals surface area contributed by atoms with E-state index in [1.165, 1.54) is 47.9 Å². The molecule has 2 aromatic heterocycles. The highest BCUT2D eigenvalue weighted by Crippen LogP contribution is 2.41. The molecule has 250 valence electrons. The van der Waals surface area contributed by atoms with Crippen LogP contribution in [0.5, 0.6) is 6.01 Å². The van der Waals surface area contributed by atoms with E-state index in [-0.39, 0.29) is 24.4 Å². The van der Waals surface area contributed by atoms with Crippen molar-refractivity contribution in [1.82, 2.24) is 25.0 Å². The maximum absolute atomic E-state index is 15.3. The van der Waals surface area contributed by atoms with Gasteiger partial charge in [0.25, 0.3) is 0 Å². The largest absolute Gasteiger partial charge is 0.476 e. The van der Waals surface area contributed by atoms with Gasteiger partial charge in [-0.25, -0.2) is 28.0 Å². The zero-order chi connectivity index (χ0) is 34.7. The number of carbonyl (C=O) groups is 3. The Morgan fingerprint density at radius 3 is 2.67 bits per heavy atom. The Kier molecular flexibility index (Phi) is 9.94. The summed E-state index contributed by atoms with van der Waals surface area (Å²) in [5.74, 6) is -3.68. The molecule has 0 radical (unpaired) electrons. The number of imide groups is 1. The molecule has 2 N–H and O–H groups in total. The average Bonchev–Trinajstić information content (AvgIpc) is 3.79. The summed E-state index contributed by atoms with van der Waals surface area (Å²) in [6.45, 7) is 2.40. The highest BCUT2D eigenvalue weighted by Gasteiger charge is 2.46. The van der Waals surface area contributed by atoms with E-state index >= 15 is 4.39 Å². The first-order chi connectivity index (χ1) is 22.8. The molecule has 1 aliphatic heterocycles. The topological polar surface area (TPSA) is 164 Å². The second-order valence-corrected chi connectivity index (χ2v) is 12.2. The van der Waals surface area contributed by atoms with Crippen molar-refractivity contribution in [2.24, 2.45) is 7.05 Å². The van der Waals surface area contributed by atoms with Crippen molar-refractivity contribution in [1.29, 1.82) is 5.26 Å². The number of halogens is 2. The number of aryl methyl sites for hydroxylation is 1. The van der Waals surface area contributed by atoms with E-state index in [9.17, 15) is 23.9 Å². The lowest BCUT2D eigenvalue weighted by atomic mass is 9.82. The van der Waals surface area contributed by atoms with Gasteiger partial charge in [-0.15, -0.1) is 16.0 Å². The number of benzene rings is 2. The Morgan fingerprint density at radius 1 is 1.27 bits per heavy atom. The van der Waals surface area contributed by atoms with Crippen molar-refractivity contribution < 1.29 is 42.3 Å². The summed E-state index contributed by atoms with van der Waals surface area (Å²) in [7, 11) is 3.02. The third kappa shape index (κ3) is 6.93. The van der Waals surface area contributed by atoms with Crippen LogP contribution < -0.4 is 14.6 Å². The molecule has 48 heavy (non-hydrogen) atoms. The first-order valence-electron chi connectivity index (χ1n) is 14.8. The van der Waals surface area contributed by atoms with Gasteiger partial charge in [-0.05, 0) is 43.8 Å². The van der Waals surface area contributed by atoms with Crippen molar-refractivity contribution >= 4 is 29.3 Å². The van der Waals surface area contributed by atoms with Crippen molar-refractivity contribution in [3.8, 4) is 23.3 Å². The molecule has 0 saturated carbocycles. The number of rotatable bonds is 10. The second kappa shape index (κ2) is 13.9. The molecule has 1 fully saturated rings. The lowest BCUT2D eigenvalue weighted by molar-refractivity contribution is -0.676. The molecule has 4 atom stereocenters. The summed E-state index contributed by atoms with van der Waals surface area (Å²) in [5.41, 5.74) is -0.686.